The van der Waals surface area contributed by atoms with Gasteiger partial charge in [-0.2, -0.15) is 0 Å². The maximum Gasteiger partial charge on any atom is 0.225 e. The second-order valence-electron chi connectivity index (χ2n) is 6.27. The van der Waals surface area contributed by atoms with Gasteiger partial charge in [-0.25, -0.2) is 0 Å². The summed E-state index contributed by atoms with van der Waals surface area (Å²) in [5.41, 5.74) is -0.733. The second-order valence-corrected chi connectivity index (χ2v) is 6.27. The van der Waals surface area contributed by atoms with Crippen LogP contribution < -0.4 is 0 Å². The van der Waals surface area contributed by atoms with Gasteiger partial charge in [0.15, 0.2) is 0 Å². The number of carbonyl (C=O) groups excluding carboxylic acids is 1. The lowest BCUT2D eigenvalue weighted by atomic mass is 9.82. The number of rotatable bonds is 4. The van der Waals surface area contributed by atoms with Crippen molar-refractivity contribution in [2.45, 2.75) is 57.0 Å². The molecule has 0 aromatic carbocycles. The molecule has 0 radical (unpaired) electrons. The van der Waals surface area contributed by atoms with Crippen molar-refractivity contribution >= 4 is 5.91 Å². The number of nitrogens with zero attached hydrogens (tertiary/aromatic N) is 1. The minimum Gasteiger partial charge on any atom is -0.389 e. The normalized spacial score (nSPS) is 27.3. The summed E-state index contributed by atoms with van der Waals surface area (Å²) in [6.45, 7) is 2.37. The van der Waals surface area contributed by atoms with Gasteiger partial charge >= 0.3 is 0 Å². The summed E-state index contributed by atoms with van der Waals surface area (Å²) in [5.74, 6) is 0.592. The van der Waals surface area contributed by atoms with Crippen LogP contribution in [0.25, 0.3) is 0 Å². The molecule has 1 unspecified atom stereocenters. The number of aliphatic hydroxyl groups is 1. The molecule has 1 atom stereocenters. The minimum atomic E-state index is -0.733. The van der Waals surface area contributed by atoms with Crippen LogP contribution in [0.2, 0.25) is 0 Å². The third kappa shape index (κ3) is 4.18. The van der Waals surface area contributed by atoms with Gasteiger partial charge in [0.1, 0.15) is 0 Å². The Labute approximate surface area is 116 Å². The Hall–Kier alpha value is -0.610. The molecule has 110 valence electrons. The van der Waals surface area contributed by atoms with E-state index in [1.165, 1.54) is 6.42 Å². The highest BCUT2D eigenvalue weighted by molar-refractivity contribution is 5.77. The SMILES string of the molecule is COCC1CCCN(C(=O)CC2(O)CCCCC2)C1. The molecular formula is C15H27NO3. The van der Waals surface area contributed by atoms with Crippen LogP contribution in [0, 0.1) is 5.92 Å². The Kier molecular flexibility index (Phi) is 5.22. The number of likely N-dealkylation sites (tertiary alicyclic amines) is 1. The molecule has 19 heavy (non-hydrogen) atoms. The predicted octanol–water partition coefficient (Wildman–Crippen LogP) is 1.96. The molecule has 1 saturated heterocycles. The molecule has 1 heterocycles. The van der Waals surface area contributed by atoms with Gasteiger partial charge in [0.25, 0.3) is 0 Å². The summed E-state index contributed by atoms with van der Waals surface area (Å²) in [4.78, 5) is 14.3. The average Bonchev–Trinajstić information content (AvgIpc) is 2.40. The Morgan fingerprint density at radius 2 is 2.05 bits per heavy atom. The second kappa shape index (κ2) is 6.71. The summed E-state index contributed by atoms with van der Waals surface area (Å²) in [5, 5.41) is 10.5. The van der Waals surface area contributed by atoms with E-state index in [4.69, 9.17) is 4.74 Å². The summed E-state index contributed by atoms with van der Waals surface area (Å²) in [6.07, 6.45) is 7.37. The summed E-state index contributed by atoms with van der Waals surface area (Å²) in [7, 11) is 1.71. The number of carbonyl (C=O) groups is 1. The molecule has 1 aliphatic heterocycles. The molecule has 0 bridgehead atoms. The lowest BCUT2D eigenvalue weighted by Crippen LogP contribution is -2.45. The largest absolute Gasteiger partial charge is 0.389 e. The predicted molar refractivity (Wildman–Crippen MR) is 73.8 cm³/mol. The monoisotopic (exact) mass is 269 g/mol. The molecule has 1 amide bonds. The first kappa shape index (κ1) is 14.8. The van der Waals surface area contributed by atoms with Gasteiger partial charge in [0.05, 0.1) is 18.6 Å². The first-order valence-electron chi connectivity index (χ1n) is 7.62. The molecule has 4 nitrogen and oxygen atoms in total. The van der Waals surface area contributed by atoms with E-state index >= 15 is 0 Å². The minimum absolute atomic E-state index is 0.130. The van der Waals surface area contributed by atoms with E-state index in [0.29, 0.717) is 12.3 Å². The zero-order chi connectivity index (χ0) is 13.7. The molecule has 0 aromatic rings. The van der Waals surface area contributed by atoms with Gasteiger partial charge in [-0.1, -0.05) is 19.3 Å². The van der Waals surface area contributed by atoms with E-state index in [0.717, 1.165) is 58.2 Å². The van der Waals surface area contributed by atoms with Crippen LogP contribution >= 0.6 is 0 Å². The third-order valence-corrected chi connectivity index (χ3v) is 4.54. The van der Waals surface area contributed by atoms with E-state index in [9.17, 15) is 9.90 Å². The van der Waals surface area contributed by atoms with Gasteiger partial charge in [0, 0.05) is 20.2 Å². The summed E-state index contributed by atoms with van der Waals surface area (Å²) < 4.78 is 5.19. The van der Waals surface area contributed by atoms with Gasteiger partial charge < -0.3 is 14.7 Å². The molecule has 2 aliphatic rings. The number of hydrogen-bond donors (Lipinski definition) is 1. The van der Waals surface area contributed by atoms with Crippen molar-refractivity contribution in [2.24, 2.45) is 5.92 Å². The van der Waals surface area contributed by atoms with Gasteiger partial charge in [-0.05, 0) is 31.6 Å². The Morgan fingerprint density at radius 1 is 1.32 bits per heavy atom. The van der Waals surface area contributed by atoms with Crippen LogP contribution in [-0.4, -0.2) is 48.3 Å². The molecule has 2 rings (SSSR count). The molecule has 4 heteroatoms. The van der Waals surface area contributed by atoms with Gasteiger partial charge in [0.2, 0.25) is 5.91 Å². The maximum absolute atomic E-state index is 12.3. The molecule has 0 aromatic heterocycles. The van der Waals surface area contributed by atoms with Crippen molar-refractivity contribution in [2.75, 3.05) is 26.8 Å². The number of methoxy groups -OCH3 is 1. The first-order valence-corrected chi connectivity index (χ1v) is 7.62. The smallest absolute Gasteiger partial charge is 0.225 e. The van der Waals surface area contributed by atoms with Crippen LogP contribution in [0.4, 0.5) is 0 Å². The maximum atomic E-state index is 12.3. The average molecular weight is 269 g/mol. The van der Waals surface area contributed by atoms with Gasteiger partial charge in [-0.3, -0.25) is 4.79 Å². The van der Waals surface area contributed by atoms with Crippen molar-refractivity contribution in [1.82, 2.24) is 4.90 Å². The van der Waals surface area contributed by atoms with E-state index in [1.807, 2.05) is 4.90 Å². The van der Waals surface area contributed by atoms with Crippen molar-refractivity contribution in [1.29, 1.82) is 0 Å². The highest BCUT2D eigenvalue weighted by Crippen LogP contribution is 2.31. The molecular weight excluding hydrogens is 242 g/mol. The highest BCUT2D eigenvalue weighted by Gasteiger charge is 2.34. The lowest BCUT2D eigenvalue weighted by molar-refractivity contribution is -0.140. The Balaban J connectivity index is 1.84. The highest BCUT2D eigenvalue weighted by atomic mass is 16.5. The van der Waals surface area contributed by atoms with Crippen LogP contribution in [0.5, 0.6) is 0 Å². The van der Waals surface area contributed by atoms with Crippen molar-refractivity contribution in [3.05, 3.63) is 0 Å². The zero-order valence-corrected chi connectivity index (χ0v) is 12.1. The third-order valence-electron chi connectivity index (χ3n) is 4.54. The van der Waals surface area contributed by atoms with Crippen LogP contribution in [0.3, 0.4) is 0 Å². The standard InChI is InChI=1S/C15H27NO3/c1-19-12-13-6-5-9-16(11-13)14(17)10-15(18)7-3-2-4-8-15/h13,18H,2-12H2,1H3. The molecule has 2 fully saturated rings. The number of ether oxygens (including phenoxy) is 1. The molecule has 0 spiro atoms. The Bertz CT molecular complexity index is 298. The van der Waals surface area contributed by atoms with E-state index in [1.54, 1.807) is 7.11 Å². The van der Waals surface area contributed by atoms with E-state index in [2.05, 4.69) is 0 Å². The first-order chi connectivity index (χ1) is 9.13. The zero-order valence-electron chi connectivity index (χ0n) is 12.1. The molecule has 1 N–H and O–H groups in total. The lowest BCUT2D eigenvalue weighted by Gasteiger charge is -2.37. The van der Waals surface area contributed by atoms with Crippen LogP contribution in [0.15, 0.2) is 0 Å². The number of amides is 1. The fourth-order valence-corrected chi connectivity index (χ4v) is 3.44. The summed E-state index contributed by atoms with van der Waals surface area (Å²) in [6, 6.07) is 0. The van der Waals surface area contributed by atoms with E-state index in [-0.39, 0.29) is 5.91 Å². The number of hydrogen-bond acceptors (Lipinski definition) is 3. The van der Waals surface area contributed by atoms with E-state index < -0.39 is 5.60 Å². The summed E-state index contributed by atoms with van der Waals surface area (Å²) >= 11 is 0. The Morgan fingerprint density at radius 3 is 2.74 bits per heavy atom. The van der Waals surface area contributed by atoms with Crippen LogP contribution in [-0.2, 0) is 9.53 Å². The van der Waals surface area contributed by atoms with Crippen molar-refractivity contribution in [3.63, 3.8) is 0 Å². The van der Waals surface area contributed by atoms with Crippen LogP contribution in [0.1, 0.15) is 51.4 Å². The van der Waals surface area contributed by atoms with Crippen molar-refractivity contribution in [3.8, 4) is 0 Å². The fraction of sp³-hybridized carbons (Fsp3) is 0.933. The fourth-order valence-electron chi connectivity index (χ4n) is 3.44. The number of piperidine rings is 1. The van der Waals surface area contributed by atoms with Crippen molar-refractivity contribution < 1.29 is 14.6 Å². The van der Waals surface area contributed by atoms with Gasteiger partial charge in [-0.15, -0.1) is 0 Å². The topological polar surface area (TPSA) is 49.8 Å². The quantitative estimate of drug-likeness (QED) is 0.848. The molecule has 1 aliphatic carbocycles. The molecule has 1 saturated carbocycles.